The highest BCUT2D eigenvalue weighted by Crippen LogP contribution is 2.21. The maximum Gasteiger partial charge on any atom is 0.332 e. The molecule has 0 bridgehead atoms. The molecule has 0 fully saturated rings. The van der Waals surface area contributed by atoms with Gasteiger partial charge in [-0.25, -0.2) is 4.79 Å². The van der Waals surface area contributed by atoms with Crippen LogP contribution in [0.4, 0.5) is 0 Å². The maximum absolute atomic E-state index is 11.3. The van der Waals surface area contributed by atoms with Gasteiger partial charge in [0.15, 0.2) is 6.04 Å². The van der Waals surface area contributed by atoms with E-state index in [1.165, 1.54) is 11.9 Å². The number of rotatable bonds is 2. The molecule has 0 aliphatic heterocycles. The van der Waals surface area contributed by atoms with E-state index >= 15 is 0 Å². The molecule has 0 unspecified atom stereocenters. The van der Waals surface area contributed by atoms with Gasteiger partial charge in [0, 0.05) is 4.47 Å². The van der Waals surface area contributed by atoms with Crippen LogP contribution in [-0.2, 0) is 9.53 Å². The Kier molecular flexibility index (Phi) is 2.91. The number of methoxy groups -OCH3 is 1. The number of carbonyl (C=O) groups excluding carboxylic acids is 1. The van der Waals surface area contributed by atoms with Crippen molar-refractivity contribution in [2.45, 2.75) is 13.0 Å². The Hall–Kier alpha value is -1.43. The molecular formula is C10H10BrN3O2. The van der Waals surface area contributed by atoms with E-state index in [9.17, 15) is 4.79 Å². The summed E-state index contributed by atoms with van der Waals surface area (Å²) in [6.45, 7) is 1.69. The van der Waals surface area contributed by atoms with Gasteiger partial charge in [0.25, 0.3) is 0 Å². The number of nitrogens with zero attached hydrogens (tertiary/aromatic N) is 3. The van der Waals surface area contributed by atoms with E-state index in [1.807, 2.05) is 18.2 Å². The lowest BCUT2D eigenvalue weighted by Crippen LogP contribution is -2.19. The normalized spacial score (nSPS) is 12.7. The fourth-order valence-electron chi connectivity index (χ4n) is 1.36. The second-order valence-electron chi connectivity index (χ2n) is 3.33. The summed E-state index contributed by atoms with van der Waals surface area (Å²) in [4.78, 5) is 12.7. The molecule has 0 spiro atoms. The van der Waals surface area contributed by atoms with Gasteiger partial charge < -0.3 is 4.74 Å². The van der Waals surface area contributed by atoms with Crippen LogP contribution >= 0.6 is 15.9 Å². The van der Waals surface area contributed by atoms with Crippen LogP contribution in [0, 0.1) is 0 Å². The number of aromatic nitrogens is 3. The predicted molar refractivity (Wildman–Crippen MR) is 62.0 cm³/mol. The molecule has 2 aromatic rings. The van der Waals surface area contributed by atoms with E-state index in [-0.39, 0.29) is 5.97 Å². The number of halogens is 1. The molecule has 1 aromatic carbocycles. The van der Waals surface area contributed by atoms with Crippen molar-refractivity contribution >= 4 is 32.9 Å². The van der Waals surface area contributed by atoms with E-state index in [2.05, 4.69) is 30.9 Å². The summed E-state index contributed by atoms with van der Waals surface area (Å²) in [5.74, 6) is -0.364. The molecule has 0 amide bonds. The van der Waals surface area contributed by atoms with Crippen molar-refractivity contribution in [1.29, 1.82) is 0 Å². The lowest BCUT2D eigenvalue weighted by atomic mass is 10.3. The average Bonchev–Trinajstić information content (AvgIpc) is 2.72. The first-order chi connectivity index (χ1) is 7.63. The Bertz CT molecular complexity index is 538. The summed E-state index contributed by atoms with van der Waals surface area (Å²) >= 11 is 3.38. The molecular weight excluding hydrogens is 274 g/mol. The van der Waals surface area contributed by atoms with E-state index < -0.39 is 6.04 Å². The molecule has 0 radical (unpaired) electrons. The van der Waals surface area contributed by atoms with Crippen LogP contribution < -0.4 is 0 Å². The minimum atomic E-state index is -0.524. The molecule has 2 rings (SSSR count). The maximum atomic E-state index is 11.3. The van der Waals surface area contributed by atoms with Gasteiger partial charge in [-0.3, -0.25) is 0 Å². The molecule has 0 saturated heterocycles. The second-order valence-corrected chi connectivity index (χ2v) is 4.18. The number of benzene rings is 1. The number of hydrogen-bond acceptors (Lipinski definition) is 4. The number of hydrogen-bond donors (Lipinski definition) is 0. The van der Waals surface area contributed by atoms with Gasteiger partial charge in [0.05, 0.1) is 7.11 Å². The van der Waals surface area contributed by atoms with Crippen LogP contribution in [0.1, 0.15) is 13.0 Å². The third-order valence-electron chi connectivity index (χ3n) is 2.27. The first-order valence-electron chi connectivity index (χ1n) is 4.72. The SMILES string of the molecule is COC(=O)[C@H](C)n1nc2cccc(Br)c2n1. The minimum absolute atomic E-state index is 0.364. The predicted octanol–water partition coefficient (Wildman–Crippen LogP) is 1.93. The fourth-order valence-corrected chi connectivity index (χ4v) is 1.79. The zero-order valence-corrected chi connectivity index (χ0v) is 10.4. The largest absolute Gasteiger partial charge is 0.467 e. The standard InChI is InChI=1S/C10H10BrN3O2/c1-6(10(15)16-2)14-12-8-5-3-4-7(11)9(8)13-14/h3-6H,1-2H3/t6-/m0/s1. The van der Waals surface area contributed by atoms with Crippen LogP contribution in [0.3, 0.4) is 0 Å². The van der Waals surface area contributed by atoms with Crippen molar-refractivity contribution < 1.29 is 9.53 Å². The van der Waals surface area contributed by atoms with Crippen molar-refractivity contribution in [3.63, 3.8) is 0 Å². The average molecular weight is 284 g/mol. The molecule has 0 N–H and O–H groups in total. The van der Waals surface area contributed by atoms with Gasteiger partial charge in [-0.1, -0.05) is 6.07 Å². The van der Waals surface area contributed by atoms with Crippen molar-refractivity contribution in [3.05, 3.63) is 22.7 Å². The highest BCUT2D eigenvalue weighted by Gasteiger charge is 2.18. The zero-order valence-electron chi connectivity index (χ0n) is 8.85. The summed E-state index contributed by atoms with van der Waals surface area (Å²) in [7, 11) is 1.35. The molecule has 84 valence electrons. The third kappa shape index (κ3) is 1.80. The molecule has 0 aliphatic carbocycles. The summed E-state index contributed by atoms with van der Waals surface area (Å²) < 4.78 is 5.50. The molecule has 1 heterocycles. The Labute approximate surface area is 101 Å². The van der Waals surface area contributed by atoms with Crippen LogP contribution in [0.2, 0.25) is 0 Å². The molecule has 1 atom stereocenters. The Morgan fingerprint density at radius 2 is 2.25 bits per heavy atom. The third-order valence-corrected chi connectivity index (χ3v) is 2.91. The second kappa shape index (κ2) is 4.21. The highest BCUT2D eigenvalue weighted by molar-refractivity contribution is 9.10. The van der Waals surface area contributed by atoms with Gasteiger partial charge in [-0.15, -0.1) is 0 Å². The fraction of sp³-hybridized carbons (Fsp3) is 0.300. The highest BCUT2D eigenvalue weighted by atomic mass is 79.9. The van der Waals surface area contributed by atoms with Crippen LogP contribution in [-0.4, -0.2) is 28.1 Å². The Morgan fingerprint density at radius 1 is 1.50 bits per heavy atom. The summed E-state index contributed by atoms with van der Waals surface area (Å²) in [5.41, 5.74) is 1.48. The summed E-state index contributed by atoms with van der Waals surface area (Å²) in [5, 5.41) is 8.46. The lowest BCUT2D eigenvalue weighted by molar-refractivity contribution is -0.144. The molecule has 5 nitrogen and oxygen atoms in total. The molecule has 0 saturated carbocycles. The molecule has 1 aromatic heterocycles. The van der Waals surface area contributed by atoms with Gasteiger partial charge >= 0.3 is 5.97 Å². The minimum Gasteiger partial charge on any atom is -0.467 e. The van der Waals surface area contributed by atoms with Gasteiger partial charge in [-0.05, 0) is 35.0 Å². The van der Waals surface area contributed by atoms with Crippen molar-refractivity contribution in [2.24, 2.45) is 0 Å². The first-order valence-corrected chi connectivity index (χ1v) is 5.51. The Balaban J connectivity index is 2.47. The van der Waals surface area contributed by atoms with E-state index in [0.717, 1.165) is 15.5 Å². The van der Waals surface area contributed by atoms with E-state index in [0.29, 0.717) is 0 Å². The Morgan fingerprint density at radius 3 is 2.88 bits per heavy atom. The summed E-state index contributed by atoms with van der Waals surface area (Å²) in [6.07, 6.45) is 0. The van der Waals surface area contributed by atoms with E-state index in [1.54, 1.807) is 6.92 Å². The zero-order chi connectivity index (χ0) is 11.7. The first kappa shape index (κ1) is 11.1. The lowest BCUT2D eigenvalue weighted by Gasteiger charge is -2.06. The number of fused-ring (bicyclic) bond motifs is 1. The topological polar surface area (TPSA) is 57.0 Å². The molecule has 16 heavy (non-hydrogen) atoms. The van der Waals surface area contributed by atoms with Crippen molar-refractivity contribution in [3.8, 4) is 0 Å². The number of ether oxygens (including phenoxy) is 1. The monoisotopic (exact) mass is 283 g/mol. The molecule has 6 heteroatoms. The van der Waals surface area contributed by atoms with Crippen LogP contribution in [0.15, 0.2) is 22.7 Å². The van der Waals surface area contributed by atoms with Gasteiger partial charge in [0.2, 0.25) is 0 Å². The van der Waals surface area contributed by atoms with Crippen molar-refractivity contribution in [1.82, 2.24) is 15.0 Å². The van der Waals surface area contributed by atoms with Gasteiger partial charge in [0.1, 0.15) is 11.0 Å². The summed E-state index contributed by atoms with van der Waals surface area (Å²) in [6, 6.07) is 5.07. The van der Waals surface area contributed by atoms with Crippen LogP contribution in [0.25, 0.3) is 11.0 Å². The number of esters is 1. The smallest absolute Gasteiger partial charge is 0.332 e. The number of carbonyl (C=O) groups is 1. The van der Waals surface area contributed by atoms with Crippen molar-refractivity contribution in [2.75, 3.05) is 7.11 Å². The van der Waals surface area contributed by atoms with E-state index in [4.69, 9.17) is 0 Å². The quantitative estimate of drug-likeness (QED) is 0.791. The molecule has 0 aliphatic rings. The van der Waals surface area contributed by atoms with Gasteiger partial charge in [-0.2, -0.15) is 15.0 Å². The van der Waals surface area contributed by atoms with Crippen LogP contribution in [0.5, 0.6) is 0 Å².